The lowest BCUT2D eigenvalue weighted by Crippen LogP contribution is -1.97. The molecule has 3 heterocycles. The molecule has 0 unspecified atom stereocenters. The monoisotopic (exact) mass is 319 g/mol. The molecule has 120 valence electrons. The second-order valence-corrected chi connectivity index (χ2v) is 5.56. The van der Waals surface area contributed by atoms with Crippen molar-refractivity contribution in [1.29, 1.82) is 0 Å². The number of aromatic nitrogens is 4. The van der Waals surface area contributed by atoms with Gasteiger partial charge in [-0.15, -0.1) is 0 Å². The molecule has 0 saturated carbocycles. The first-order valence-corrected chi connectivity index (χ1v) is 7.66. The Morgan fingerprint density at radius 3 is 2.92 bits per heavy atom. The number of hydrogen-bond donors (Lipinski definition) is 1. The van der Waals surface area contributed by atoms with Crippen molar-refractivity contribution in [1.82, 2.24) is 19.3 Å². The minimum absolute atomic E-state index is 0.459. The second kappa shape index (κ2) is 5.82. The minimum Gasteiger partial charge on any atom is -0.438 e. The molecule has 0 aliphatic heterocycles. The minimum atomic E-state index is 0.459. The van der Waals surface area contributed by atoms with E-state index in [2.05, 4.69) is 20.7 Å². The predicted octanol–water partition coefficient (Wildman–Crippen LogP) is 3.01. The summed E-state index contributed by atoms with van der Waals surface area (Å²) in [5.74, 6) is 1.30. The van der Waals surface area contributed by atoms with Gasteiger partial charge < -0.3 is 15.0 Å². The number of nitrogens with zero attached hydrogens (tertiary/aromatic N) is 4. The summed E-state index contributed by atoms with van der Waals surface area (Å²) in [6.45, 7) is 0.459. The van der Waals surface area contributed by atoms with Crippen molar-refractivity contribution in [3.8, 4) is 17.3 Å². The van der Waals surface area contributed by atoms with Gasteiger partial charge in [-0.05, 0) is 29.8 Å². The lowest BCUT2D eigenvalue weighted by atomic mass is 10.2. The maximum Gasteiger partial charge on any atom is 0.219 e. The Balaban J connectivity index is 1.75. The molecular weight excluding hydrogens is 302 g/mol. The van der Waals surface area contributed by atoms with Crippen molar-refractivity contribution in [2.24, 2.45) is 12.8 Å². The van der Waals surface area contributed by atoms with Crippen LogP contribution in [0.25, 0.3) is 16.6 Å². The largest absolute Gasteiger partial charge is 0.438 e. The number of ether oxygens (including phenoxy) is 1. The van der Waals surface area contributed by atoms with E-state index >= 15 is 0 Å². The van der Waals surface area contributed by atoms with Crippen LogP contribution in [-0.4, -0.2) is 19.3 Å². The third-order valence-electron chi connectivity index (χ3n) is 3.91. The highest BCUT2D eigenvalue weighted by atomic mass is 16.5. The van der Waals surface area contributed by atoms with Crippen LogP contribution in [0.2, 0.25) is 0 Å². The number of nitrogens with two attached hydrogens (primary N) is 1. The Kier molecular flexibility index (Phi) is 3.51. The number of pyridine rings is 1. The van der Waals surface area contributed by atoms with Gasteiger partial charge in [0.05, 0.1) is 17.4 Å². The van der Waals surface area contributed by atoms with Crippen LogP contribution < -0.4 is 10.5 Å². The standard InChI is InChI=1S/C18H17N5O/c1-22-12-14(11-21-22)23-8-6-15-16(23)3-2-4-17(15)24-18-9-13(10-19)5-7-20-18/h2-9,11-12H,10,19H2,1H3. The van der Waals surface area contributed by atoms with Gasteiger partial charge in [0.25, 0.3) is 0 Å². The van der Waals surface area contributed by atoms with E-state index in [1.54, 1.807) is 10.9 Å². The molecule has 0 radical (unpaired) electrons. The molecule has 0 spiro atoms. The molecule has 0 aliphatic carbocycles. The highest BCUT2D eigenvalue weighted by molar-refractivity contribution is 5.88. The van der Waals surface area contributed by atoms with Gasteiger partial charge in [0.1, 0.15) is 5.75 Å². The SMILES string of the molecule is Cn1cc(-n2ccc3c(Oc4cc(CN)ccn4)cccc32)cn1. The second-order valence-electron chi connectivity index (χ2n) is 5.56. The van der Waals surface area contributed by atoms with Gasteiger partial charge in [-0.25, -0.2) is 4.98 Å². The molecule has 0 fully saturated rings. The van der Waals surface area contributed by atoms with E-state index < -0.39 is 0 Å². The Bertz CT molecular complexity index is 1000. The summed E-state index contributed by atoms with van der Waals surface area (Å²) in [6, 6.07) is 11.7. The topological polar surface area (TPSA) is 70.9 Å². The Labute approximate surface area is 139 Å². The van der Waals surface area contributed by atoms with E-state index in [9.17, 15) is 0 Å². The van der Waals surface area contributed by atoms with E-state index in [1.807, 2.05) is 56.0 Å². The zero-order chi connectivity index (χ0) is 16.5. The molecule has 3 aromatic heterocycles. The van der Waals surface area contributed by atoms with Gasteiger partial charge in [0, 0.05) is 43.6 Å². The summed E-state index contributed by atoms with van der Waals surface area (Å²) in [7, 11) is 1.90. The van der Waals surface area contributed by atoms with Crippen molar-refractivity contribution in [2.45, 2.75) is 6.54 Å². The fourth-order valence-electron chi connectivity index (χ4n) is 2.73. The highest BCUT2D eigenvalue weighted by Crippen LogP contribution is 2.31. The van der Waals surface area contributed by atoms with Crippen molar-refractivity contribution in [2.75, 3.05) is 0 Å². The summed E-state index contributed by atoms with van der Waals surface area (Å²) < 4.78 is 9.85. The molecule has 0 bridgehead atoms. The predicted molar refractivity (Wildman–Crippen MR) is 92.2 cm³/mol. The first-order valence-electron chi connectivity index (χ1n) is 7.66. The fraction of sp³-hybridized carbons (Fsp3) is 0.111. The van der Waals surface area contributed by atoms with E-state index in [0.29, 0.717) is 12.4 Å². The Hall–Kier alpha value is -3.12. The number of fused-ring (bicyclic) bond motifs is 1. The Morgan fingerprint density at radius 2 is 2.12 bits per heavy atom. The average Bonchev–Trinajstić information content (AvgIpc) is 3.21. The van der Waals surface area contributed by atoms with Crippen LogP contribution in [0.4, 0.5) is 0 Å². The zero-order valence-corrected chi connectivity index (χ0v) is 13.3. The molecule has 2 N–H and O–H groups in total. The van der Waals surface area contributed by atoms with Crippen LogP contribution in [-0.2, 0) is 13.6 Å². The van der Waals surface area contributed by atoms with Gasteiger partial charge in [0.15, 0.2) is 0 Å². The summed E-state index contributed by atoms with van der Waals surface area (Å²) >= 11 is 0. The lowest BCUT2D eigenvalue weighted by Gasteiger charge is -2.08. The van der Waals surface area contributed by atoms with Crippen molar-refractivity contribution in [3.05, 3.63) is 66.7 Å². The third-order valence-corrected chi connectivity index (χ3v) is 3.91. The van der Waals surface area contributed by atoms with Gasteiger partial charge >= 0.3 is 0 Å². The zero-order valence-electron chi connectivity index (χ0n) is 13.3. The smallest absolute Gasteiger partial charge is 0.219 e. The summed E-state index contributed by atoms with van der Waals surface area (Å²) in [5, 5.41) is 5.25. The molecule has 6 nitrogen and oxygen atoms in total. The maximum atomic E-state index is 5.99. The quantitative estimate of drug-likeness (QED) is 0.628. The van der Waals surface area contributed by atoms with Crippen molar-refractivity contribution >= 4 is 10.9 Å². The number of benzene rings is 1. The van der Waals surface area contributed by atoms with Gasteiger partial charge in [-0.1, -0.05) is 6.07 Å². The van der Waals surface area contributed by atoms with Gasteiger partial charge in [-0.2, -0.15) is 5.10 Å². The van der Waals surface area contributed by atoms with E-state index in [4.69, 9.17) is 10.5 Å². The summed E-state index contributed by atoms with van der Waals surface area (Å²) in [5.41, 5.74) is 8.72. The maximum absolute atomic E-state index is 5.99. The van der Waals surface area contributed by atoms with E-state index in [1.165, 1.54) is 0 Å². The number of hydrogen-bond acceptors (Lipinski definition) is 4. The van der Waals surface area contributed by atoms with Crippen LogP contribution in [0, 0.1) is 0 Å². The molecule has 0 saturated heterocycles. The number of rotatable bonds is 4. The van der Waals surface area contributed by atoms with E-state index in [-0.39, 0.29) is 0 Å². The van der Waals surface area contributed by atoms with Crippen LogP contribution >= 0.6 is 0 Å². The summed E-state index contributed by atoms with van der Waals surface area (Å²) in [4.78, 5) is 4.26. The van der Waals surface area contributed by atoms with Gasteiger partial charge in [0.2, 0.25) is 5.88 Å². The van der Waals surface area contributed by atoms with Crippen LogP contribution in [0.3, 0.4) is 0 Å². The van der Waals surface area contributed by atoms with Gasteiger partial charge in [-0.3, -0.25) is 4.68 Å². The molecule has 6 heteroatoms. The Morgan fingerprint density at radius 1 is 1.21 bits per heavy atom. The van der Waals surface area contributed by atoms with Crippen molar-refractivity contribution < 1.29 is 4.74 Å². The average molecular weight is 319 g/mol. The fourth-order valence-corrected chi connectivity index (χ4v) is 2.73. The third kappa shape index (κ3) is 2.53. The van der Waals surface area contributed by atoms with E-state index in [0.717, 1.165) is 27.9 Å². The first kappa shape index (κ1) is 14.5. The molecule has 24 heavy (non-hydrogen) atoms. The normalized spacial score (nSPS) is 11.1. The lowest BCUT2D eigenvalue weighted by molar-refractivity contribution is 0.467. The van der Waals surface area contributed by atoms with Crippen LogP contribution in [0.1, 0.15) is 5.56 Å². The molecule has 4 aromatic rings. The van der Waals surface area contributed by atoms with Crippen LogP contribution in [0.15, 0.2) is 61.2 Å². The van der Waals surface area contributed by atoms with Crippen LogP contribution in [0.5, 0.6) is 11.6 Å². The van der Waals surface area contributed by atoms with Crippen molar-refractivity contribution in [3.63, 3.8) is 0 Å². The molecule has 1 aromatic carbocycles. The molecular formula is C18H17N5O. The molecule has 4 rings (SSSR count). The molecule has 0 amide bonds. The highest BCUT2D eigenvalue weighted by Gasteiger charge is 2.10. The summed E-state index contributed by atoms with van der Waals surface area (Å²) in [6.07, 6.45) is 7.52. The first-order chi connectivity index (χ1) is 11.7. The molecule has 0 aliphatic rings. The number of aryl methyl sites for hydroxylation is 1. The molecule has 0 atom stereocenters.